The molecule has 0 radical (unpaired) electrons. The van der Waals surface area contributed by atoms with Crippen molar-refractivity contribution in [2.24, 2.45) is 0 Å². The molecule has 1 aliphatic rings. The Morgan fingerprint density at radius 3 is 2.10 bits per heavy atom. The fourth-order valence-electron chi connectivity index (χ4n) is 4.42. The molecule has 0 saturated heterocycles. The van der Waals surface area contributed by atoms with E-state index < -0.39 is 40.5 Å². The highest BCUT2D eigenvalue weighted by Gasteiger charge is 2.55. The molecule has 0 heterocycles. The number of carbonyl (C=O) groups excluding carboxylic acids is 1. The molecule has 1 fully saturated rings. The van der Waals surface area contributed by atoms with E-state index in [1.54, 1.807) is 0 Å². The fourth-order valence-corrected chi connectivity index (χ4v) is 7.10. The fraction of sp³-hybridized carbons (Fsp3) is 0.381. The highest BCUT2D eigenvalue weighted by molar-refractivity contribution is 6.79. The van der Waals surface area contributed by atoms with Gasteiger partial charge in [-0.05, 0) is 24.8 Å². The second-order valence-electron chi connectivity index (χ2n) is 8.64. The molecule has 8 nitrogen and oxygen atoms in total. The zero-order valence-corrected chi connectivity index (χ0v) is 18.2. The Labute approximate surface area is 175 Å². The van der Waals surface area contributed by atoms with Crippen LogP contribution in [0.25, 0.3) is 0 Å². The van der Waals surface area contributed by atoms with E-state index in [0.717, 1.165) is 36.6 Å². The highest BCUT2D eigenvalue weighted by atomic mass is 28.3. The maximum absolute atomic E-state index is 13.1. The van der Waals surface area contributed by atoms with Gasteiger partial charge in [0.1, 0.15) is 5.22 Å². The Hall–Kier alpha value is -3.07. The lowest BCUT2D eigenvalue weighted by Crippen LogP contribution is -2.56. The van der Waals surface area contributed by atoms with E-state index in [-0.39, 0.29) is 11.5 Å². The average molecular weight is 429 g/mol. The number of ether oxygens (including phenoxy) is 1. The van der Waals surface area contributed by atoms with Crippen LogP contribution in [0.1, 0.15) is 41.1 Å². The summed E-state index contributed by atoms with van der Waals surface area (Å²) in [6.45, 7) is 6.41. The van der Waals surface area contributed by atoms with Crippen LogP contribution in [0.2, 0.25) is 19.6 Å². The lowest BCUT2D eigenvalue weighted by molar-refractivity contribution is -0.394. The van der Waals surface area contributed by atoms with Gasteiger partial charge in [-0.3, -0.25) is 20.2 Å². The maximum Gasteiger partial charge on any atom is 0.338 e. The standard InChI is InChI=1S/C21H24N2O6Si/c1-30(2,3)21(11-7-10-19(21)15-8-5-4-6-9-15)29-20(24)16-12-17(22(25)26)14-18(13-16)23(27)28/h4-6,8-9,12-14,19H,7,10-11H2,1-3H3/t19-,21-/m0/s1. The minimum absolute atomic E-state index is 0.0167. The third-order valence-electron chi connectivity index (χ3n) is 5.91. The van der Waals surface area contributed by atoms with Crippen molar-refractivity contribution in [1.29, 1.82) is 0 Å². The SMILES string of the molecule is C[Si](C)(C)[C@@]1(OC(=O)c2cc([N+](=O)[O-])cc([N+](=O)[O-])c2)CCC[C@H]1c1ccccc1. The van der Waals surface area contributed by atoms with E-state index in [0.29, 0.717) is 6.42 Å². The van der Waals surface area contributed by atoms with E-state index in [2.05, 4.69) is 19.6 Å². The summed E-state index contributed by atoms with van der Waals surface area (Å²) < 4.78 is 6.16. The van der Waals surface area contributed by atoms with Crippen LogP contribution >= 0.6 is 0 Å². The first kappa shape index (κ1) is 21.6. The predicted molar refractivity (Wildman–Crippen MR) is 114 cm³/mol. The molecule has 3 rings (SSSR count). The van der Waals surface area contributed by atoms with Gasteiger partial charge in [0.25, 0.3) is 11.4 Å². The van der Waals surface area contributed by atoms with Crippen molar-refractivity contribution in [3.05, 3.63) is 79.9 Å². The minimum Gasteiger partial charge on any atom is -0.459 e. The van der Waals surface area contributed by atoms with Gasteiger partial charge in [0.2, 0.25) is 0 Å². The number of nitro benzene ring substituents is 2. The van der Waals surface area contributed by atoms with E-state index in [1.165, 1.54) is 0 Å². The molecule has 1 saturated carbocycles. The molecule has 2 aromatic carbocycles. The lowest BCUT2D eigenvalue weighted by Gasteiger charge is -2.44. The second-order valence-corrected chi connectivity index (χ2v) is 14.0. The Balaban J connectivity index is 2.04. The number of esters is 1. The van der Waals surface area contributed by atoms with E-state index >= 15 is 0 Å². The lowest BCUT2D eigenvalue weighted by atomic mass is 9.95. The van der Waals surface area contributed by atoms with Gasteiger partial charge in [0.05, 0.1) is 29.6 Å². The number of hydrogen-bond donors (Lipinski definition) is 0. The molecular weight excluding hydrogens is 404 g/mol. The minimum atomic E-state index is -2.10. The summed E-state index contributed by atoms with van der Waals surface area (Å²) in [5.41, 5.74) is -0.101. The first-order valence-electron chi connectivity index (χ1n) is 9.77. The summed E-state index contributed by atoms with van der Waals surface area (Å²) in [7, 11) is -2.10. The molecule has 158 valence electrons. The molecule has 0 unspecified atom stereocenters. The van der Waals surface area contributed by atoms with Crippen LogP contribution in [0.5, 0.6) is 0 Å². The normalized spacial score (nSPS) is 21.2. The Morgan fingerprint density at radius 1 is 1.03 bits per heavy atom. The van der Waals surface area contributed by atoms with E-state index in [9.17, 15) is 25.0 Å². The topological polar surface area (TPSA) is 113 Å². The summed E-state index contributed by atoms with van der Waals surface area (Å²) in [6.07, 6.45) is 2.47. The van der Waals surface area contributed by atoms with E-state index in [4.69, 9.17) is 4.74 Å². The number of carbonyl (C=O) groups is 1. The van der Waals surface area contributed by atoms with Crippen LogP contribution < -0.4 is 0 Å². The van der Waals surface area contributed by atoms with Crippen molar-refractivity contribution in [3.8, 4) is 0 Å². The number of non-ortho nitro benzene ring substituents is 2. The molecule has 0 amide bonds. The largest absolute Gasteiger partial charge is 0.459 e. The predicted octanol–water partition coefficient (Wildman–Crippen LogP) is 5.24. The van der Waals surface area contributed by atoms with Crippen molar-refractivity contribution in [2.75, 3.05) is 0 Å². The van der Waals surface area contributed by atoms with Gasteiger partial charge in [-0.1, -0.05) is 50.0 Å². The number of nitro groups is 2. The number of benzene rings is 2. The third-order valence-corrected chi connectivity index (χ3v) is 9.15. The van der Waals surface area contributed by atoms with Crippen LogP contribution in [-0.4, -0.2) is 29.1 Å². The molecule has 30 heavy (non-hydrogen) atoms. The summed E-state index contributed by atoms with van der Waals surface area (Å²) in [6, 6.07) is 12.8. The van der Waals surface area contributed by atoms with Crippen LogP contribution in [0, 0.1) is 20.2 Å². The zero-order valence-electron chi connectivity index (χ0n) is 17.2. The molecule has 0 bridgehead atoms. The molecule has 1 aliphatic carbocycles. The smallest absolute Gasteiger partial charge is 0.338 e. The Morgan fingerprint density at radius 2 is 1.60 bits per heavy atom. The summed E-state index contributed by atoms with van der Waals surface area (Å²) in [4.78, 5) is 34.0. The summed E-state index contributed by atoms with van der Waals surface area (Å²) >= 11 is 0. The Bertz CT molecular complexity index is 956. The van der Waals surface area contributed by atoms with Crippen molar-refractivity contribution < 1.29 is 19.4 Å². The molecule has 0 aliphatic heterocycles. The molecule has 0 spiro atoms. The number of hydrogen-bond acceptors (Lipinski definition) is 6. The van der Waals surface area contributed by atoms with Crippen molar-refractivity contribution >= 4 is 25.4 Å². The third kappa shape index (κ3) is 3.97. The van der Waals surface area contributed by atoms with Gasteiger partial charge in [0, 0.05) is 18.1 Å². The van der Waals surface area contributed by atoms with Crippen molar-refractivity contribution in [2.45, 2.75) is 50.0 Å². The Kier molecular flexibility index (Phi) is 5.75. The second kappa shape index (κ2) is 7.98. The van der Waals surface area contributed by atoms with E-state index in [1.807, 2.05) is 30.3 Å². The van der Waals surface area contributed by atoms with Crippen LogP contribution in [0.15, 0.2) is 48.5 Å². The summed E-state index contributed by atoms with van der Waals surface area (Å²) in [5, 5.41) is 21.7. The first-order chi connectivity index (χ1) is 14.0. The highest BCUT2D eigenvalue weighted by Crippen LogP contribution is 2.50. The monoisotopic (exact) mass is 428 g/mol. The summed E-state index contributed by atoms with van der Waals surface area (Å²) in [5.74, 6) is -0.741. The quantitative estimate of drug-likeness (QED) is 0.269. The average Bonchev–Trinajstić information content (AvgIpc) is 3.13. The van der Waals surface area contributed by atoms with Crippen molar-refractivity contribution in [1.82, 2.24) is 0 Å². The maximum atomic E-state index is 13.1. The molecule has 2 atom stereocenters. The van der Waals surface area contributed by atoms with Crippen LogP contribution in [0.3, 0.4) is 0 Å². The molecule has 9 heteroatoms. The number of rotatable bonds is 6. The number of nitrogens with zero attached hydrogens (tertiary/aromatic N) is 2. The van der Waals surface area contributed by atoms with Crippen LogP contribution in [-0.2, 0) is 4.74 Å². The molecule has 0 aromatic heterocycles. The van der Waals surface area contributed by atoms with Gasteiger partial charge in [-0.25, -0.2) is 4.79 Å². The van der Waals surface area contributed by atoms with Crippen LogP contribution in [0.4, 0.5) is 11.4 Å². The van der Waals surface area contributed by atoms with Gasteiger partial charge in [0.15, 0.2) is 0 Å². The van der Waals surface area contributed by atoms with Crippen molar-refractivity contribution in [3.63, 3.8) is 0 Å². The molecular formula is C21H24N2O6Si. The van der Waals surface area contributed by atoms with Gasteiger partial charge >= 0.3 is 5.97 Å². The molecule has 0 N–H and O–H groups in total. The van der Waals surface area contributed by atoms with Gasteiger partial charge < -0.3 is 4.74 Å². The zero-order chi connectivity index (χ0) is 22.1. The first-order valence-corrected chi connectivity index (χ1v) is 13.3. The van der Waals surface area contributed by atoms with Gasteiger partial charge in [-0.2, -0.15) is 0 Å². The molecule has 2 aromatic rings. The van der Waals surface area contributed by atoms with Gasteiger partial charge in [-0.15, -0.1) is 0 Å².